The molecule has 5 nitrogen and oxygen atoms in total. The van der Waals surface area contributed by atoms with E-state index in [2.05, 4.69) is 28.5 Å². The summed E-state index contributed by atoms with van der Waals surface area (Å²) in [5, 5.41) is 4.43. The van der Waals surface area contributed by atoms with Crippen LogP contribution in [-0.4, -0.2) is 19.3 Å². The van der Waals surface area contributed by atoms with Crippen LogP contribution >= 0.6 is 0 Å². The molecule has 1 aliphatic rings. The van der Waals surface area contributed by atoms with Crippen molar-refractivity contribution in [1.29, 1.82) is 0 Å². The first-order valence-corrected chi connectivity index (χ1v) is 6.60. The molecule has 1 fully saturated rings. The van der Waals surface area contributed by atoms with Crippen LogP contribution in [0.5, 0.6) is 0 Å². The normalized spacial score (nSPS) is 17.8. The molecule has 0 spiro atoms. The van der Waals surface area contributed by atoms with Gasteiger partial charge in [0.05, 0.1) is 5.69 Å². The van der Waals surface area contributed by atoms with E-state index in [9.17, 15) is 0 Å². The fraction of sp³-hybridized carbons (Fsp3) is 0.692. The van der Waals surface area contributed by atoms with Crippen LogP contribution in [-0.2, 0) is 13.6 Å². The molecule has 0 radical (unpaired) electrons. The van der Waals surface area contributed by atoms with Gasteiger partial charge < -0.3 is 5.73 Å². The molecule has 2 aromatic rings. The van der Waals surface area contributed by atoms with E-state index in [1.54, 1.807) is 0 Å². The maximum Gasteiger partial charge on any atom is 0.202 e. The first-order valence-electron chi connectivity index (χ1n) is 6.60. The quantitative estimate of drug-likeness (QED) is 0.903. The standard InChI is InChI=1S/C13H21N5/c1-8(2)13(5-6-13)7-18-11-10(15-12(18)14)9(3)16-17(11)4/h8H,5-7H2,1-4H3,(H2,14,15). The Kier molecular flexibility index (Phi) is 2.24. The Hall–Kier alpha value is -1.52. The highest BCUT2D eigenvalue weighted by Gasteiger charge is 2.46. The van der Waals surface area contributed by atoms with Gasteiger partial charge in [0.25, 0.3) is 0 Å². The second-order valence-electron chi connectivity index (χ2n) is 5.95. The van der Waals surface area contributed by atoms with Crippen molar-refractivity contribution in [2.24, 2.45) is 18.4 Å². The molecule has 0 aliphatic heterocycles. The van der Waals surface area contributed by atoms with Gasteiger partial charge in [0.15, 0.2) is 5.65 Å². The molecular weight excluding hydrogens is 226 g/mol. The summed E-state index contributed by atoms with van der Waals surface area (Å²) >= 11 is 0. The Bertz CT molecular complexity index is 600. The molecule has 2 aromatic heterocycles. The van der Waals surface area contributed by atoms with Crippen LogP contribution in [0.15, 0.2) is 0 Å². The molecule has 0 atom stereocenters. The van der Waals surface area contributed by atoms with Crippen molar-refractivity contribution in [3.8, 4) is 0 Å². The lowest BCUT2D eigenvalue weighted by atomic mass is 9.92. The van der Waals surface area contributed by atoms with Gasteiger partial charge in [-0.1, -0.05) is 13.8 Å². The van der Waals surface area contributed by atoms with Crippen molar-refractivity contribution in [2.45, 2.75) is 40.2 Å². The van der Waals surface area contributed by atoms with E-state index in [0.717, 1.165) is 23.4 Å². The van der Waals surface area contributed by atoms with Crippen molar-refractivity contribution >= 4 is 17.1 Å². The molecule has 0 aromatic carbocycles. The van der Waals surface area contributed by atoms with Crippen LogP contribution in [0, 0.1) is 18.3 Å². The SMILES string of the molecule is Cc1nn(C)c2c1nc(N)n2CC1(C(C)C)CC1. The van der Waals surface area contributed by atoms with E-state index in [-0.39, 0.29) is 0 Å². The molecule has 5 heteroatoms. The van der Waals surface area contributed by atoms with Crippen LogP contribution in [0.3, 0.4) is 0 Å². The average Bonchev–Trinajstić information content (AvgIpc) is 2.93. The molecule has 0 saturated heterocycles. The summed E-state index contributed by atoms with van der Waals surface area (Å²) in [5.74, 6) is 1.30. The number of imidazole rings is 1. The predicted molar refractivity (Wildman–Crippen MR) is 72.2 cm³/mol. The van der Waals surface area contributed by atoms with Crippen molar-refractivity contribution in [1.82, 2.24) is 19.3 Å². The highest BCUT2D eigenvalue weighted by molar-refractivity contribution is 5.77. The van der Waals surface area contributed by atoms with E-state index in [0.29, 0.717) is 17.3 Å². The third kappa shape index (κ3) is 1.46. The van der Waals surface area contributed by atoms with Crippen molar-refractivity contribution < 1.29 is 0 Å². The Morgan fingerprint density at radius 2 is 2.06 bits per heavy atom. The predicted octanol–water partition coefficient (Wildman–Crippen LogP) is 2.10. The number of anilines is 1. The fourth-order valence-electron chi connectivity index (χ4n) is 2.90. The number of hydrogen-bond donors (Lipinski definition) is 1. The molecule has 0 amide bonds. The second-order valence-corrected chi connectivity index (χ2v) is 5.95. The summed E-state index contributed by atoms with van der Waals surface area (Å²) in [5.41, 5.74) is 9.44. The number of hydrogen-bond acceptors (Lipinski definition) is 3. The Balaban J connectivity index is 2.09. The Labute approximate surface area is 107 Å². The molecule has 0 unspecified atom stereocenters. The largest absolute Gasteiger partial charge is 0.369 e. The number of aromatic nitrogens is 4. The van der Waals surface area contributed by atoms with Crippen LogP contribution in [0.1, 0.15) is 32.4 Å². The average molecular weight is 247 g/mol. The smallest absolute Gasteiger partial charge is 0.202 e. The zero-order chi connectivity index (χ0) is 13.1. The minimum absolute atomic E-state index is 0.417. The van der Waals surface area contributed by atoms with Crippen LogP contribution in [0.2, 0.25) is 0 Å². The topological polar surface area (TPSA) is 61.7 Å². The minimum atomic E-state index is 0.417. The fourth-order valence-corrected chi connectivity index (χ4v) is 2.90. The molecule has 18 heavy (non-hydrogen) atoms. The summed E-state index contributed by atoms with van der Waals surface area (Å²) < 4.78 is 4.03. The first kappa shape index (κ1) is 11.6. The zero-order valence-electron chi connectivity index (χ0n) is 11.6. The van der Waals surface area contributed by atoms with Gasteiger partial charge in [0.2, 0.25) is 5.95 Å². The maximum absolute atomic E-state index is 6.08. The molecule has 1 aliphatic carbocycles. The summed E-state index contributed by atoms with van der Waals surface area (Å²) in [6.07, 6.45) is 2.58. The van der Waals surface area contributed by atoms with Crippen LogP contribution in [0.4, 0.5) is 5.95 Å². The van der Waals surface area contributed by atoms with Gasteiger partial charge in [0, 0.05) is 13.6 Å². The Morgan fingerprint density at radius 1 is 1.39 bits per heavy atom. The molecule has 2 heterocycles. The molecule has 2 N–H and O–H groups in total. The lowest BCUT2D eigenvalue weighted by molar-refractivity contribution is 0.312. The van der Waals surface area contributed by atoms with Gasteiger partial charge in [-0.25, -0.2) is 4.98 Å². The van der Waals surface area contributed by atoms with Gasteiger partial charge in [-0.3, -0.25) is 9.25 Å². The first-order chi connectivity index (χ1) is 8.44. The number of nitrogen functional groups attached to an aromatic ring is 1. The monoisotopic (exact) mass is 247 g/mol. The highest BCUT2D eigenvalue weighted by Crippen LogP contribution is 2.53. The number of aryl methyl sites for hydroxylation is 2. The molecule has 98 valence electrons. The van der Waals surface area contributed by atoms with Gasteiger partial charge in [-0.15, -0.1) is 0 Å². The minimum Gasteiger partial charge on any atom is -0.369 e. The van der Waals surface area contributed by atoms with Crippen LogP contribution < -0.4 is 5.73 Å². The lowest BCUT2D eigenvalue weighted by Crippen LogP contribution is -2.19. The van der Waals surface area contributed by atoms with Gasteiger partial charge in [-0.05, 0) is 31.1 Å². The van der Waals surface area contributed by atoms with E-state index in [4.69, 9.17) is 5.73 Å². The summed E-state index contributed by atoms with van der Waals surface area (Å²) in [6, 6.07) is 0. The lowest BCUT2D eigenvalue weighted by Gasteiger charge is -2.21. The van der Waals surface area contributed by atoms with E-state index >= 15 is 0 Å². The zero-order valence-corrected chi connectivity index (χ0v) is 11.6. The number of rotatable bonds is 3. The second kappa shape index (κ2) is 3.49. The van der Waals surface area contributed by atoms with Crippen molar-refractivity contribution in [3.05, 3.63) is 5.69 Å². The van der Waals surface area contributed by atoms with Crippen molar-refractivity contribution in [3.63, 3.8) is 0 Å². The van der Waals surface area contributed by atoms with E-state index < -0.39 is 0 Å². The van der Waals surface area contributed by atoms with E-state index in [1.165, 1.54) is 12.8 Å². The van der Waals surface area contributed by atoms with Crippen LogP contribution in [0.25, 0.3) is 11.2 Å². The number of fused-ring (bicyclic) bond motifs is 1. The maximum atomic E-state index is 6.08. The van der Waals surface area contributed by atoms with Crippen molar-refractivity contribution in [2.75, 3.05) is 5.73 Å². The van der Waals surface area contributed by atoms with Gasteiger partial charge >= 0.3 is 0 Å². The number of nitrogens with zero attached hydrogens (tertiary/aromatic N) is 4. The summed E-state index contributed by atoms with van der Waals surface area (Å²) in [4.78, 5) is 4.46. The third-order valence-electron chi connectivity index (χ3n) is 4.51. The van der Waals surface area contributed by atoms with E-state index in [1.807, 2.05) is 18.7 Å². The number of nitrogens with two attached hydrogens (primary N) is 1. The Morgan fingerprint density at radius 3 is 2.61 bits per heavy atom. The molecule has 1 saturated carbocycles. The molecular formula is C13H21N5. The molecule has 3 rings (SSSR count). The van der Waals surface area contributed by atoms with Gasteiger partial charge in [-0.2, -0.15) is 5.10 Å². The third-order valence-corrected chi connectivity index (χ3v) is 4.51. The summed E-state index contributed by atoms with van der Waals surface area (Å²) in [6.45, 7) is 7.54. The van der Waals surface area contributed by atoms with Gasteiger partial charge in [0.1, 0.15) is 5.52 Å². The summed E-state index contributed by atoms with van der Waals surface area (Å²) in [7, 11) is 1.96. The molecule has 0 bridgehead atoms. The highest BCUT2D eigenvalue weighted by atomic mass is 15.3.